The zero-order valence-corrected chi connectivity index (χ0v) is 7.25. The lowest BCUT2D eigenvalue weighted by atomic mass is 10.1. The van der Waals surface area contributed by atoms with E-state index in [-0.39, 0.29) is 5.70 Å². The van der Waals surface area contributed by atoms with E-state index >= 15 is 0 Å². The first kappa shape index (κ1) is 9.12. The maximum atomic E-state index is 12.5. The van der Waals surface area contributed by atoms with E-state index in [0.29, 0.717) is 6.54 Å². The maximum Gasteiger partial charge on any atom is 0.418 e. The Bertz CT molecular complexity index is 358. The molecular formula is C10H8F3N. The van der Waals surface area contributed by atoms with Gasteiger partial charge in [-0.3, -0.25) is 0 Å². The highest BCUT2D eigenvalue weighted by atomic mass is 19.4. The summed E-state index contributed by atoms with van der Waals surface area (Å²) in [5.74, 6) is 0. The second-order valence-corrected chi connectivity index (χ2v) is 3.05. The summed E-state index contributed by atoms with van der Waals surface area (Å²) in [5.41, 5.74) is -0.355. The minimum atomic E-state index is -4.28. The molecule has 0 saturated carbocycles. The molecule has 0 aromatic carbocycles. The van der Waals surface area contributed by atoms with Crippen LogP contribution in [0.5, 0.6) is 0 Å². The van der Waals surface area contributed by atoms with Crippen molar-refractivity contribution in [3.63, 3.8) is 0 Å². The Balaban J connectivity index is 2.47. The topological polar surface area (TPSA) is 3.24 Å². The van der Waals surface area contributed by atoms with Crippen molar-refractivity contribution in [3.8, 4) is 0 Å². The summed E-state index contributed by atoms with van der Waals surface area (Å²) in [7, 11) is 0. The molecule has 0 spiro atoms. The Morgan fingerprint density at radius 3 is 2.64 bits per heavy atom. The lowest BCUT2D eigenvalue weighted by molar-refractivity contribution is -0.0900. The van der Waals surface area contributed by atoms with Crippen LogP contribution < -0.4 is 0 Å². The third kappa shape index (κ3) is 1.47. The van der Waals surface area contributed by atoms with Crippen molar-refractivity contribution in [2.24, 2.45) is 0 Å². The zero-order chi connectivity index (χ0) is 10.2. The first-order valence-electron chi connectivity index (χ1n) is 4.18. The highest BCUT2D eigenvalue weighted by Gasteiger charge is 2.36. The highest BCUT2D eigenvalue weighted by Crippen LogP contribution is 2.34. The number of rotatable bonds is 0. The van der Waals surface area contributed by atoms with Crippen molar-refractivity contribution in [3.05, 3.63) is 47.9 Å². The molecule has 0 aliphatic carbocycles. The van der Waals surface area contributed by atoms with Gasteiger partial charge in [-0.25, -0.2) is 0 Å². The van der Waals surface area contributed by atoms with Crippen LogP contribution in [0.2, 0.25) is 0 Å². The Kier molecular flexibility index (Phi) is 1.98. The predicted octanol–water partition coefficient (Wildman–Crippen LogP) is 2.76. The number of alkyl halides is 3. The van der Waals surface area contributed by atoms with E-state index in [2.05, 4.69) is 0 Å². The summed E-state index contributed by atoms with van der Waals surface area (Å²) < 4.78 is 37.6. The van der Waals surface area contributed by atoms with Crippen LogP contribution >= 0.6 is 0 Å². The third-order valence-corrected chi connectivity index (χ3v) is 2.11. The molecule has 0 fully saturated rings. The SMILES string of the molecule is FC(F)(F)C1=C2C=CC=CN2CC=C1. The molecule has 2 heterocycles. The van der Waals surface area contributed by atoms with Crippen molar-refractivity contribution >= 4 is 0 Å². The molecule has 0 amide bonds. The quantitative estimate of drug-likeness (QED) is 0.579. The van der Waals surface area contributed by atoms with Crippen LogP contribution in [0.15, 0.2) is 47.9 Å². The van der Waals surface area contributed by atoms with Gasteiger partial charge in [0.2, 0.25) is 0 Å². The average Bonchev–Trinajstić information content (AvgIpc) is 2.15. The van der Waals surface area contributed by atoms with Gasteiger partial charge >= 0.3 is 6.18 Å². The molecule has 0 saturated heterocycles. The van der Waals surface area contributed by atoms with Crippen LogP contribution in [0, 0.1) is 0 Å². The van der Waals surface area contributed by atoms with E-state index < -0.39 is 11.7 Å². The molecule has 1 nitrogen and oxygen atoms in total. The van der Waals surface area contributed by atoms with Crippen LogP contribution in [0.3, 0.4) is 0 Å². The summed E-state index contributed by atoms with van der Waals surface area (Å²) in [6, 6.07) is 0. The fourth-order valence-corrected chi connectivity index (χ4v) is 1.49. The third-order valence-electron chi connectivity index (χ3n) is 2.11. The second kappa shape index (κ2) is 3.04. The molecule has 0 aromatic heterocycles. The summed E-state index contributed by atoms with van der Waals surface area (Å²) >= 11 is 0. The molecule has 2 rings (SSSR count). The molecule has 0 atom stereocenters. The first-order valence-corrected chi connectivity index (χ1v) is 4.18. The minimum absolute atomic E-state index is 0.225. The summed E-state index contributed by atoms with van der Waals surface area (Å²) in [6.45, 7) is 0.496. The van der Waals surface area contributed by atoms with Gasteiger partial charge in [-0.1, -0.05) is 18.2 Å². The molecule has 2 aliphatic heterocycles. The minimum Gasteiger partial charge on any atom is -0.344 e. The number of fused-ring (bicyclic) bond motifs is 1. The number of allylic oxidation sites excluding steroid dienone is 5. The number of nitrogens with zero attached hydrogens (tertiary/aromatic N) is 1. The van der Waals surface area contributed by atoms with E-state index in [1.165, 1.54) is 12.2 Å². The van der Waals surface area contributed by atoms with Crippen LogP contribution in [-0.4, -0.2) is 17.6 Å². The van der Waals surface area contributed by atoms with Crippen molar-refractivity contribution in [2.45, 2.75) is 6.18 Å². The molecule has 2 aliphatic rings. The van der Waals surface area contributed by atoms with Gasteiger partial charge in [0.25, 0.3) is 0 Å². The normalized spacial score (nSPS) is 20.4. The van der Waals surface area contributed by atoms with Gasteiger partial charge in [-0.2, -0.15) is 13.2 Å². The molecular weight excluding hydrogens is 191 g/mol. The van der Waals surface area contributed by atoms with Crippen LogP contribution in [-0.2, 0) is 0 Å². The first-order chi connectivity index (χ1) is 6.59. The van der Waals surface area contributed by atoms with Crippen LogP contribution in [0.1, 0.15) is 0 Å². The molecule has 0 bridgehead atoms. The largest absolute Gasteiger partial charge is 0.418 e. The van der Waals surface area contributed by atoms with Gasteiger partial charge < -0.3 is 4.90 Å². The van der Waals surface area contributed by atoms with E-state index in [1.54, 1.807) is 23.3 Å². The Hall–Kier alpha value is -1.45. The highest BCUT2D eigenvalue weighted by molar-refractivity contribution is 5.42. The summed E-state index contributed by atoms with van der Waals surface area (Å²) in [5, 5.41) is 0. The van der Waals surface area contributed by atoms with Crippen LogP contribution in [0.4, 0.5) is 13.2 Å². The van der Waals surface area contributed by atoms with Gasteiger partial charge in [0, 0.05) is 12.7 Å². The lowest BCUT2D eigenvalue weighted by Gasteiger charge is -2.28. The van der Waals surface area contributed by atoms with Gasteiger partial charge in [0.05, 0.1) is 11.3 Å². The Morgan fingerprint density at radius 1 is 1.14 bits per heavy atom. The van der Waals surface area contributed by atoms with Crippen molar-refractivity contribution in [2.75, 3.05) is 6.54 Å². The zero-order valence-electron chi connectivity index (χ0n) is 7.25. The fraction of sp³-hybridized carbons (Fsp3) is 0.200. The molecule has 0 N–H and O–H groups in total. The van der Waals surface area contributed by atoms with Gasteiger partial charge in [0.1, 0.15) is 0 Å². The second-order valence-electron chi connectivity index (χ2n) is 3.05. The van der Waals surface area contributed by atoms with Crippen molar-refractivity contribution in [1.82, 2.24) is 4.90 Å². The smallest absolute Gasteiger partial charge is 0.344 e. The average molecular weight is 199 g/mol. The van der Waals surface area contributed by atoms with E-state index in [4.69, 9.17) is 0 Å². The number of hydrogen-bond acceptors (Lipinski definition) is 1. The number of halogens is 3. The molecule has 0 unspecified atom stereocenters. The molecule has 0 aromatic rings. The summed E-state index contributed by atoms with van der Waals surface area (Å²) in [6.07, 6.45) is 4.81. The molecule has 4 heteroatoms. The molecule has 0 radical (unpaired) electrons. The van der Waals surface area contributed by atoms with E-state index in [9.17, 15) is 13.2 Å². The Labute approximate surface area is 79.5 Å². The number of hydrogen-bond donors (Lipinski definition) is 0. The van der Waals surface area contributed by atoms with E-state index in [1.807, 2.05) is 0 Å². The van der Waals surface area contributed by atoms with Crippen molar-refractivity contribution in [1.29, 1.82) is 0 Å². The fourth-order valence-electron chi connectivity index (χ4n) is 1.49. The summed E-state index contributed by atoms with van der Waals surface area (Å²) in [4.78, 5) is 1.57. The van der Waals surface area contributed by atoms with Gasteiger partial charge in [-0.05, 0) is 12.2 Å². The maximum absolute atomic E-state index is 12.5. The monoisotopic (exact) mass is 199 g/mol. The molecule has 14 heavy (non-hydrogen) atoms. The predicted molar refractivity (Wildman–Crippen MR) is 47.2 cm³/mol. The lowest BCUT2D eigenvalue weighted by Crippen LogP contribution is -2.26. The van der Waals surface area contributed by atoms with E-state index in [0.717, 1.165) is 6.08 Å². The Morgan fingerprint density at radius 2 is 1.93 bits per heavy atom. The van der Waals surface area contributed by atoms with Gasteiger partial charge in [-0.15, -0.1) is 0 Å². The molecule has 74 valence electrons. The standard InChI is InChI=1S/C10H8F3N/c11-10(12,13)8-4-3-7-14-6-2-1-5-9(8)14/h1-6H,7H2. The van der Waals surface area contributed by atoms with Gasteiger partial charge in [0.15, 0.2) is 0 Å². The van der Waals surface area contributed by atoms with Crippen molar-refractivity contribution < 1.29 is 13.2 Å². The van der Waals surface area contributed by atoms with Crippen LogP contribution in [0.25, 0.3) is 0 Å².